The number of halogens is 2. The minimum Gasteiger partial charge on any atom is -0.350 e. The fourth-order valence-electron chi connectivity index (χ4n) is 3.34. The standard InChI is InChI=1S/C24H31ClFN3O4S/c1-16-13-19(25)9-12-21(16)29(34(6,32)33)15-22(30)28(14-18-7-10-20(26)11-8-18)17(2)23(31)27-24(3,4)5/h7-13,17H,14-15H2,1-6H3,(H,27,31). The molecular formula is C24H31ClFN3O4S. The fraction of sp³-hybridized carbons (Fsp3) is 0.417. The van der Waals surface area contributed by atoms with Crippen LogP contribution >= 0.6 is 11.6 Å². The quantitative estimate of drug-likeness (QED) is 0.582. The van der Waals surface area contributed by atoms with Crippen LogP contribution in [0, 0.1) is 12.7 Å². The van der Waals surface area contributed by atoms with E-state index < -0.39 is 45.8 Å². The Morgan fingerprint density at radius 1 is 1.12 bits per heavy atom. The number of carbonyl (C=O) groups is 2. The highest BCUT2D eigenvalue weighted by Gasteiger charge is 2.31. The van der Waals surface area contributed by atoms with Crippen molar-refractivity contribution >= 4 is 39.1 Å². The van der Waals surface area contributed by atoms with Crippen LogP contribution in [-0.2, 0) is 26.2 Å². The second-order valence-corrected chi connectivity index (χ2v) is 11.6. The van der Waals surface area contributed by atoms with Gasteiger partial charge in [-0.3, -0.25) is 13.9 Å². The van der Waals surface area contributed by atoms with Crippen molar-refractivity contribution in [3.8, 4) is 0 Å². The Morgan fingerprint density at radius 3 is 2.21 bits per heavy atom. The van der Waals surface area contributed by atoms with E-state index in [-0.39, 0.29) is 6.54 Å². The molecule has 2 amide bonds. The zero-order valence-electron chi connectivity index (χ0n) is 20.2. The van der Waals surface area contributed by atoms with Crippen LogP contribution in [-0.4, -0.2) is 49.5 Å². The number of amides is 2. The van der Waals surface area contributed by atoms with Gasteiger partial charge >= 0.3 is 0 Å². The van der Waals surface area contributed by atoms with Gasteiger partial charge in [0.2, 0.25) is 21.8 Å². The molecule has 0 heterocycles. The van der Waals surface area contributed by atoms with Gasteiger partial charge in [-0.2, -0.15) is 0 Å². The fourth-order valence-corrected chi connectivity index (χ4v) is 4.47. The molecule has 2 rings (SSSR count). The summed E-state index contributed by atoms with van der Waals surface area (Å²) < 4.78 is 39.6. The van der Waals surface area contributed by atoms with E-state index in [1.54, 1.807) is 26.0 Å². The molecular weight excluding hydrogens is 481 g/mol. The van der Waals surface area contributed by atoms with E-state index in [2.05, 4.69) is 5.32 Å². The monoisotopic (exact) mass is 511 g/mol. The van der Waals surface area contributed by atoms with Gasteiger partial charge in [0.25, 0.3) is 0 Å². The highest BCUT2D eigenvalue weighted by molar-refractivity contribution is 7.92. The third kappa shape index (κ3) is 7.70. The number of sulfonamides is 1. The van der Waals surface area contributed by atoms with Crippen LogP contribution in [0.4, 0.5) is 10.1 Å². The summed E-state index contributed by atoms with van der Waals surface area (Å²) >= 11 is 6.01. The molecule has 0 aliphatic rings. The Kier molecular flexibility index (Phi) is 8.71. The maximum absolute atomic E-state index is 13.5. The number of aryl methyl sites for hydroxylation is 1. The molecule has 0 saturated heterocycles. The van der Waals surface area contributed by atoms with E-state index in [0.717, 1.165) is 10.6 Å². The van der Waals surface area contributed by atoms with Crippen molar-refractivity contribution < 1.29 is 22.4 Å². The van der Waals surface area contributed by atoms with Crippen LogP contribution in [0.5, 0.6) is 0 Å². The average Bonchev–Trinajstić information content (AvgIpc) is 2.69. The summed E-state index contributed by atoms with van der Waals surface area (Å²) in [7, 11) is -3.84. The minimum atomic E-state index is -3.84. The molecule has 0 aliphatic carbocycles. The summed E-state index contributed by atoms with van der Waals surface area (Å²) in [6, 6.07) is 9.33. The van der Waals surface area contributed by atoms with Gasteiger partial charge in [0, 0.05) is 17.1 Å². The number of hydrogen-bond acceptors (Lipinski definition) is 4. The largest absolute Gasteiger partial charge is 0.350 e. The predicted octanol–water partition coefficient (Wildman–Crippen LogP) is 3.89. The Bertz CT molecular complexity index is 1150. The molecule has 0 aromatic heterocycles. The second kappa shape index (κ2) is 10.7. The van der Waals surface area contributed by atoms with E-state index in [1.807, 2.05) is 20.8 Å². The van der Waals surface area contributed by atoms with E-state index >= 15 is 0 Å². The van der Waals surface area contributed by atoms with Crippen molar-refractivity contribution in [2.24, 2.45) is 0 Å². The minimum absolute atomic E-state index is 0.00492. The molecule has 10 heteroatoms. The molecule has 0 aliphatic heterocycles. The summed E-state index contributed by atoms with van der Waals surface area (Å²) in [4.78, 5) is 27.6. The van der Waals surface area contributed by atoms with Crippen molar-refractivity contribution in [3.63, 3.8) is 0 Å². The molecule has 2 aromatic rings. The van der Waals surface area contributed by atoms with Crippen molar-refractivity contribution in [3.05, 3.63) is 64.4 Å². The molecule has 186 valence electrons. The topological polar surface area (TPSA) is 86.8 Å². The van der Waals surface area contributed by atoms with Crippen LogP contribution in [0.25, 0.3) is 0 Å². The lowest BCUT2D eigenvalue weighted by atomic mass is 10.1. The van der Waals surface area contributed by atoms with Crippen molar-refractivity contribution in [1.29, 1.82) is 0 Å². The van der Waals surface area contributed by atoms with Crippen LogP contribution < -0.4 is 9.62 Å². The van der Waals surface area contributed by atoms with Crippen molar-refractivity contribution in [2.75, 3.05) is 17.1 Å². The van der Waals surface area contributed by atoms with Crippen LogP contribution in [0.15, 0.2) is 42.5 Å². The van der Waals surface area contributed by atoms with Gasteiger partial charge in [-0.1, -0.05) is 23.7 Å². The SMILES string of the molecule is Cc1cc(Cl)ccc1N(CC(=O)N(Cc1ccc(F)cc1)C(C)C(=O)NC(C)(C)C)S(C)(=O)=O. The van der Waals surface area contributed by atoms with Gasteiger partial charge in [0.05, 0.1) is 11.9 Å². The molecule has 1 unspecified atom stereocenters. The number of carbonyl (C=O) groups excluding carboxylic acids is 2. The van der Waals surface area contributed by atoms with Crippen molar-refractivity contribution in [1.82, 2.24) is 10.2 Å². The Morgan fingerprint density at radius 2 is 1.71 bits per heavy atom. The number of anilines is 1. The first kappa shape index (κ1) is 27.6. The van der Waals surface area contributed by atoms with Gasteiger partial charge in [-0.25, -0.2) is 12.8 Å². The Hall–Kier alpha value is -2.65. The van der Waals surface area contributed by atoms with E-state index in [9.17, 15) is 22.4 Å². The number of rotatable bonds is 8. The molecule has 7 nitrogen and oxygen atoms in total. The second-order valence-electron chi connectivity index (χ2n) is 9.26. The Labute approximate surface area is 205 Å². The maximum Gasteiger partial charge on any atom is 0.244 e. The highest BCUT2D eigenvalue weighted by Crippen LogP contribution is 2.26. The molecule has 0 spiro atoms. The lowest BCUT2D eigenvalue weighted by molar-refractivity contribution is -0.140. The molecule has 0 saturated carbocycles. The first-order chi connectivity index (χ1) is 15.6. The van der Waals surface area contributed by atoms with E-state index in [4.69, 9.17) is 11.6 Å². The van der Waals surface area contributed by atoms with Gasteiger partial charge in [-0.05, 0) is 76.1 Å². The van der Waals surface area contributed by atoms with Gasteiger partial charge in [0.1, 0.15) is 18.4 Å². The normalized spacial score (nSPS) is 12.7. The molecule has 1 atom stereocenters. The smallest absolute Gasteiger partial charge is 0.244 e. The number of hydrogen-bond donors (Lipinski definition) is 1. The van der Waals surface area contributed by atoms with Crippen LogP contribution in [0.3, 0.4) is 0 Å². The maximum atomic E-state index is 13.5. The number of nitrogens with one attached hydrogen (secondary N) is 1. The van der Waals surface area contributed by atoms with Gasteiger partial charge in [-0.15, -0.1) is 0 Å². The summed E-state index contributed by atoms with van der Waals surface area (Å²) in [5.41, 5.74) is 0.955. The molecule has 1 N–H and O–H groups in total. The molecule has 2 aromatic carbocycles. The zero-order valence-corrected chi connectivity index (χ0v) is 21.8. The first-order valence-electron chi connectivity index (χ1n) is 10.7. The average molecular weight is 512 g/mol. The first-order valence-corrected chi connectivity index (χ1v) is 12.9. The predicted molar refractivity (Wildman–Crippen MR) is 133 cm³/mol. The third-order valence-corrected chi connectivity index (χ3v) is 6.40. The summed E-state index contributed by atoms with van der Waals surface area (Å²) in [5, 5.41) is 3.28. The van der Waals surface area contributed by atoms with E-state index in [0.29, 0.717) is 21.8 Å². The molecule has 34 heavy (non-hydrogen) atoms. The van der Waals surface area contributed by atoms with Gasteiger partial charge < -0.3 is 10.2 Å². The molecule has 0 bridgehead atoms. The van der Waals surface area contributed by atoms with Gasteiger partial charge in [0.15, 0.2) is 0 Å². The summed E-state index contributed by atoms with van der Waals surface area (Å²) in [6.07, 6.45) is 1.01. The number of nitrogens with zero attached hydrogens (tertiary/aromatic N) is 2. The Balaban J connectivity index is 2.43. The third-order valence-electron chi connectivity index (χ3n) is 5.04. The molecule has 0 radical (unpaired) electrons. The molecule has 0 fully saturated rings. The zero-order chi connectivity index (χ0) is 25.8. The number of benzene rings is 2. The van der Waals surface area contributed by atoms with Crippen LogP contribution in [0.2, 0.25) is 5.02 Å². The summed E-state index contributed by atoms with van der Waals surface area (Å²) in [6.45, 7) is 8.19. The van der Waals surface area contributed by atoms with Crippen molar-refractivity contribution in [2.45, 2.75) is 52.7 Å². The lowest BCUT2D eigenvalue weighted by Crippen LogP contribution is -2.54. The van der Waals surface area contributed by atoms with Crippen LogP contribution in [0.1, 0.15) is 38.8 Å². The summed E-state index contributed by atoms with van der Waals surface area (Å²) in [5.74, 6) is -1.40. The highest BCUT2D eigenvalue weighted by atomic mass is 35.5. The lowest BCUT2D eigenvalue weighted by Gasteiger charge is -2.33. The van der Waals surface area contributed by atoms with E-state index in [1.165, 1.54) is 35.2 Å².